The van der Waals surface area contributed by atoms with Gasteiger partial charge in [0.25, 0.3) is 0 Å². The molecule has 0 saturated carbocycles. The van der Waals surface area contributed by atoms with Gasteiger partial charge in [-0.05, 0) is 63.5 Å². The van der Waals surface area contributed by atoms with Crippen LogP contribution in [-0.4, -0.2) is 69.1 Å². The fourth-order valence-corrected chi connectivity index (χ4v) is 5.55. The Labute approximate surface area is 191 Å². The van der Waals surface area contributed by atoms with Crippen molar-refractivity contribution in [2.75, 3.05) is 44.2 Å². The monoisotopic (exact) mass is 436 g/mol. The van der Waals surface area contributed by atoms with Crippen molar-refractivity contribution in [3.05, 3.63) is 36.3 Å². The molecule has 172 valence electrons. The molecule has 5 rings (SSSR count). The topological polar surface area (TPSA) is 70.3 Å². The summed E-state index contributed by atoms with van der Waals surface area (Å²) in [6.45, 7) is 6.13. The summed E-state index contributed by atoms with van der Waals surface area (Å²) in [4.78, 5) is 14.4. The predicted octanol–water partition coefficient (Wildman–Crippen LogP) is 3.47. The van der Waals surface area contributed by atoms with Crippen LogP contribution in [-0.2, 0) is 6.54 Å². The zero-order valence-electron chi connectivity index (χ0n) is 19.1. The van der Waals surface area contributed by atoms with Crippen LogP contribution in [0.3, 0.4) is 0 Å². The third kappa shape index (κ3) is 4.89. The Kier molecular flexibility index (Phi) is 6.83. The van der Waals surface area contributed by atoms with Gasteiger partial charge >= 0.3 is 0 Å². The van der Waals surface area contributed by atoms with Crippen molar-refractivity contribution in [3.8, 4) is 11.3 Å². The summed E-state index contributed by atoms with van der Waals surface area (Å²) in [7, 11) is 0. The fraction of sp³-hybridized carbons (Fsp3) is 0.640. The van der Waals surface area contributed by atoms with Gasteiger partial charge in [0, 0.05) is 50.1 Å². The van der Waals surface area contributed by atoms with Crippen LogP contribution < -0.4 is 4.90 Å². The predicted molar refractivity (Wildman–Crippen MR) is 127 cm³/mol. The smallest absolute Gasteiger partial charge is 0.225 e. The highest BCUT2D eigenvalue weighted by Crippen LogP contribution is 2.34. The van der Waals surface area contributed by atoms with Crippen molar-refractivity contribution in [1.82, 2.24) is 24.6 Å². The average Bonchev–Trinajstić information content (AvgIpc) is 3.51. The number of allylic oxidation sites excluding steroid dienone is 2. The quantitative estimate of drug-likeness (QED) is 0.670. The molecule has 7 heteroatoms. The molecule has 0 amide bonds. The van der Waals surface area contributed by atoms with Crippen LogP contribution in [0.15, 0.2) is 30.6 Å². The van der Waals surface area contributed by atoms with Crippen LogP contribution in [0.1, 0.15) is 56.6 Å². The molecule has 2 aliphatic heterocycles. The minimum absolute atomic E-state index is 0.0926. The lowest BCUT2D eigenvalue weighted by Gasteiger charge is -2.35. The van der Waals surface area contributed by atoms with Gasteiger partial charge in [-0.3, -0.25) is 4.68 Å². The molecule has 2 aromatic rings. The van der Waals surface area contributed by atoms with Gasteiger partial charge in [0.1, 0.15) is 0 Å². The molecule has 32 heavy (non-hydrogen) atoms. The van der Waals surface area contributed by atoms with Crippen molar-refractivity contribution in [2.45, 2.75) is 57.4 Å². The van der Waals surface area contributed by atoms with Crippen LogP contribution in [0.25, 0.3) is 11.3 Å². The molecule has 4 heterocycles. The van der Waals surface area contributed by atoms with E-state index >= 15 is 0 Å². The lowest BCUT2D eigenvalue weighted by molar-refractivity contribution is 0.172. The van der Waals surface area contributed by atoms with E-state index in [4.69, 9.17) is 10.1 Å². The van der Waals surface area contributed by atoms with Crippen LogP contribution in [0.5, 0.6) is 0 Å². The SMILES string of the molecule is OCCn1cc(-c2ccnc(N3CCCC3)n2)c(C2CCCN(CC3CC=CCC3)C2)n1. The first-order chi connectivity index (χ1) is 15.8. The summed E-state index contributed by atoms with van der Waals surface area (Å²) in [5.41, 5.74) is 3.20. The summed E-state index contributed by atoms with van der Waals surface area (Å²) in [6.07, 6.45) is 17.2. The molecule has 7 nitrogen and oxygen atoms in total. The van der Waals surface area contributed by atoms with E-state index < -0.39 is 0 Å². The van der Waals surface area contributed by atoms with E-state index in [1.54, 1.807) is 0 Å². The second-order valence-corrected chi connectivity index (χ2v) is 9.60. The Morgan fingerprint density at radius 1 is 1.06 bits per heavy atom. The van der Waals surface area contributed by atoms with E-state index in [9.17, 15) is 5.11 Å². The van der Waals surface area contributed by atoms with Crippen molar-refractivity contribution >= 4 is 5.95 Å². The van der Waals surface area contributed by atoms with Gasteiger partial charge in [0.15, 0.2) is 0 Å². The lowest BCUT2D eigenvalue weighted by Crippen LogP contribution is -2.38. The molecule has 1 aliphatic carbocycles. The zero-order chi connectivity index (χ0) is 21.8. The van der Waals surface area contributed by atoms with Gasteiger partial charge in [-0.1, -0.05) is 12.2 Å². The molecule has 2 atom stereocenters. The average molecular weight is 437 g/mol. The Morgan fingerprint density at radius 2 is 1.97 bits per heavy atom. The van der Waals surface area contributed by atoms with Crippen molar-refractivity contribution in [2.24, 2.45) is 5.92 Å². The summed E-state index contributed by atoms with van der Waals surface area (Å²) >= 11 is 0. The van der Waals surface area contributed by atoms with E-state index in [0.29, 0.717) is 12.5 Å². The summed E-state index contributed by atoms with van der Waals surface area (Å²) < 4.78 is 1.90. The zero-order valence-corrected chi connectivity index (χ0v) is 19.1. The Balaban J connectivity index is 1.38. The van der Waals surface area contributed by atoms with Crippen molar-refractivity contribution < 1.29 is 5.11 Å². The number of hydrogen-bond donors (Lipinski definition) is 1. The minimum atomic E-state index is 0.0926. The number of hydrogen-bond acceptors (Lipinski definition) is 6. The maximum atomic E-state index is 9.51. The van der Waals surface area contributed by atoms with Crippen molar-refractivity contribution in [1.29, 1.82) is 0 Å². The van der Waals surface area contributed by atoms with Gasteiger partial charge in [-0.2, -0.15) is 5.10 Å². The molecular weight excluding hydrogens is 400 g/mol. The third-order valence-electron chi connectivity index (χ3n) is 7.21. The largest absolute Gasteiger partial charge is 0.394 e. The summed E-state index contributed by atoms with van der Waals surface area (Å²) in [6, 6.07) is 2.01. The Hall–Kier alpha value is -2.25. The van der Waals surface area contributed by atoms with Crippen LogP contribution in [0.2, 0.25) is 0 Å². The summed E-state index contributed by atoms with van der Waals surface area (Å²) in [5.74, 6) is 2.02. The standard InChI is InChI=1S/C25H36N6O/c32-16-15-31-19-22(23-10-11-26-25(27-23)30-13-4-5-14-30)24(28-31)21-9-6-12-29(18-21)17-20-7-2-1-3-8-20/h1-2,10-11,19-21,32H,3-9,12-18H2. The number of nitrogens with zero attached hydrogens (tertiary/aromatic N) is 6. The third-order valence-corrected chi connectivity index (χ3v) is 7.21. The number of piperidine rings is 1. The molecular formula is C25H36N6O. The van der Waals surface area contributed by atoms with E-state index in [0.717, 1.165) is 54.9 Å². The molecule has 3 aliphatic rings. The fourth-order valence-electron chi connectivity index (χ4n) is 5.55. The first kappa shape index (κ1) is 21.6. The Bertz CT molecular complexity index is 919. The summed E-state index contributed by atoms with van der Waals surface area (Å²) in [5, 5.41) is 14.5. The van der Waals surface area contributed by atoms with Crippen LogP contribution in [0, 0.1) is 5.92 Å². The van der Waals surface area contributed by atoms with E-state index in [2.05, 4.69) is 33.1 Å². The molecule has 0 spiro atoms. The van der Waals surface area contributed by atoms with E-state index in [-0.39, 0.29) is 6.61 Å². The number of rotatable bonds is 7. The maximum Gasteiger partial charge on any atom is 0.225 e. The molecule has 0 bridgehead atoms. The Morgan fingerprint density at radius 3 is 2.78 bits per heavy atom. The van der Waals surface area contributed by atoms with Crippen molar-refractivity contribution in [3.63, 3.8) is 0 Å². The van der Waals surface area contributed by atoms with E-state index in [1.807, 2.05) is 16.9 Å². The molecule has 0 aromatic carbocycles. The normalized spacial score (nSPS) is 24.3. The lowest BCUT2D eigenvalue weighted by atomic mass is 9.89. The maximum absolute atomic E-state index is 9.51. The number of anilines is 1. The highest BCUT2D eigenvalue weighted by molar-refractivity contribution is 5.63. The number of aliphatic hydroxyl groups excluding tert-OH is 1. The number of aliphatic hydroxyl groups is 1. The molecule has 0 radical (unpaired) electrons. The van der Waals surface area contributed by atoms with Gasteiger partial charge in [0.2, 0.25) is 5.95 Å². The van der Waals surface area contributed by atoms with Crippen LogP contribution in [0.4, 0.5) is 5.95 Å². The van der Waals surface area contributed by atoms with Gasteiger partial charge in [-0.15, -0.1) is 0 Å². The molecule has 2 fully saturated rings. The first-order valence-electron chi connectivity index (χ1n) is 12.4. The molecule has 2 unspecified atom stereocenters. The number of likely N-dealkylation sites (tertiary alicyclic amines) is 1. The minimum Gasteiger partial charge on any atom is -0.394 e. The highest BCUT2D eigenvalue weighted by Gasteiger charge is 2.28. The molecule has 2 aromatic heterocycles. The second kappa shape index (κ2) is 10.1. The van der Waals surface area contributed by atoms with Crippen LogP contribution >= 0.6 is 0 Å². The number of aromatic nitrogens is 4. The second-order valence-electron chi connectivity index (χ2n) is 9.60. The highest BCUT2D eigenvalue weighted by atomic mass is 16.3. The first-order valence-corrected chi connectivity index (χ1v) is 12.4. The van der Waals surface area contributed by atoms with Gasteiger partial charge in [-0.25, -0.2) is 9.97 Å². The molecule has 2 saturated heterocycles. The van der Waals surface area contributed by atoms with Gasteiger partial charge in [0.05, 0.1) is 24.5 Å². The molecule has 1 N–H and O–H groups in total. The van der Waals surface area contributed by atoms with E-state index in [1.165, 1.54) is 51.6 Å². The van der Waals surface area contributed by atoms with Gasteiger partial charge < -0.3 is 14.9 Å².